The molecule has 0 saturated carbocycles. The number of ether oxygens (including phenoxy) is 2. The third-order valence-corrected chi connectivity index (χ3v) is 4.58. The van der Waals surface area contributed by atoms with E-state index >= 15 is 0 Å². The fourth-order valence-corrected chi connectivity index (χ4v) is 3.28. The van der Waals surface area contributed by atoms with Crippen LogP contribution in [0.1, 0.15) is 31.2 Å². The van der Waals surface area contributed by atoms with Gasteiger partial charge in [0, 0.05) is 57.4 Å². The van der Waals surface area contributed by atoms with Crippen LogP contribution in [0.15, 0.2) is 12.4 Å². The van der Waals surface area contributed by atoms with Gasteiger partial charge in [0.05, 0.1) is 6.10 Å². The zero-order chi connectivity index (χ0) is 15.9. The van der Waals surface area contributed by atoms with Gasteiger partial charge in [0.15, 0.2) is 0 Å². The molecule has 2 saturated heterocycles. The zero-order valence-corrected chi connectivity index (χ0v) is 14.0. The van der Waals surface area contributed by atoms with Crippen molar-refractivity contribution in [2.75, 3.05) is 45.3 Å². The number of nitrogens with one attached hydrogen (secondary N) is 1. The Morgan fingerprint density at radius 2 is 1.96 bits per heavy atom. The first-order valence-electron chi connectivity index (χ1n) is 8.72. The van der Waals surface area contributed by atoms with Gasteiger partial charge in [-0.2, -0.15) is 0 Å². The van der Waals surface area contributed by atoms with Crippen molar-refractivity contribution in [3.63, 3.8) is 0 Å². The van der Waals surface area contributed by atoms with Gasteiger partial charge in [0.25, 0.3) is 0 Å². The molecule has 1 N–H and O–H groups in total. The Hall–Kier alpha value is -1.24. The molecule has 0 radical (unpaired) electrons. The van der Waals surface area contributed by atoms with Gasteiger partial charge < -0.3 is 19.7 Å². The molecule has 6 heteroatoms. The van der Waals surface area contributed by atoms with E-state index in [4.69, 9.17) is 9.47 Å². The molecule has 1 atom stereocenters. The van der Waals surface area contributed by atoms with E-state index in [-0.39, 0.29) is 0 Å². The first-order valence-corrected chi connectivity index (χ1v) is 8.72. The Bertz CT molecular complexity index is 456. The number of anilines is 1. The minimum absolute atomic E-state index is 0.309. The van der Waals surface area contributed by atoms with E-state index in [9.17, 15) is 0 Å². The quantitative estimate of drug-likeness (QED) is 0.828. The van der Waals surface area contributed by atoms with Gasteiger partial charge in [-0.05, 0) is 38.6 Å². The van der Waals surface area contributed by atoms with Gasteiger partial charge in [-0.25, -0.2) is 9.97 Å². The molecule has 2 fully saturated rings. The van der Waals surface area contributed by atoms with Crippen LogP contribution in [-0.4, -0.2) is 60.9 Å². The molecule has 6 nitrogen and oxygen atoms in total. The fourth-order valence-electron chi connectivity index (χ4n) is 3.28. The van der Waals surface area contributed by atoms with E-state index in [2.05, 4.69) is 27.2 Å². The molecule has 1 aromatic heterocycles. The maximum atomic E-state index is 5.59. The summed E-state index contributed by atoms with van der Waals surface area (Å²) in [5.74, 6) is 1.44. The summed E-state index contributed by atoms with van der Waals surface area (Å²) in [4.78, 5) is 11.2. The summed E-state index contributed by atoms with van der Waals surface area (Å²) in [5.41, 5.74) is 1.15. The van der Waals surface area contributed by atoms with Crippen LogP contribution in [0, 0.1) is 5.92 Å². The molecule has 0 amide bonds. The van der Waals surface area contributed by atoms with Crippen molar-refractivity contribution in [2.45, 2.75) is 38.3 Å². The molecule has 1 aromatic rings. The first-order chi connectivity index (χ1) is 11.3. The number of nitrogens with zero attached hydrogens (tertiary/aromatic N) is 3. The number of aromatic nitrogens is 2. The lowest BCUT2D eigenvalue weighted by Crippen LogP contribution is -2.29. The zero-order valence-electron chi connectivity index (χ0n) is 14.0. The molecule has 0 spiro atoms. The lowest BCUT2D eigenvalue weighted by atomic mass is 10.00. The van der Waals surface area contributed by atoms with E-state index < -0.39 is 0 Å². The van der Waals surface area contributed by atoms with Crippen LogP contribution >= 0.6 is 0 Å². The highest BCUT2D eigenvalue weighted by atomic mass is 16.5. The lowest BCUT2D eigenvalue weighted by Gasteiger charge is -2.27. The normalized spacial score (nSPS) is 22.6. The first kappa shape index (κ1) is 16.6. The van der Waals surface area contributed by atoms with E-state index in [0.717, 1.165) is 63.8 Å². The molecule has 2 aliphatic heterocycles. The second-order valence-corrected chi connectivity index (χ2v) is 6.68. The molecule has 0 aromatic carbocycles. The summed E-state index contributed by atoms with van der Waals surface area (Å²) in [6.07, 6.45) is 8.79. The van der Waals surface area contributed by atoms with Crippen molar-refractivity contribution in [1.82, 2.24) is 14.9 Å². The van der Waals surface area contributed by atoms with Crippen LogP contribution in [0.4, 0.5) is 5.95 Å². The van der Waals surface area contributed by atoms with Crippen LogP contribution in [0.2, 0.25) is 0 Å². The molecule has 0 bridgehead atoms. The summed E-state index contributed by atoms with van der Waals surface area (Å²) in [6.45, 7) is 5.50. The van der Waals surface area contributed by atoms with Gasteiger partial charge in [0.2, 0.25) is 5.95 Å². The average Bonchev–Trinajstić information content (AvgIpc) is 3.08. The second-order valence-electron chi connectivity index (χ2n) is 6.68. The van der Waals surface area contributed by atoms with Crippen LogP contribution in [-0.2, 0) is 16.0 Å². The summed E-state index contributed by atoms with van der Waals surface area (Å²) >= 11 is 0. The molecular formula is C17H28N4O2. The topological polar surface area (TPSA) is 59.5 Å². The van der Waals surface area contributed by atoms with Gasteiger partial charge in [-0.3, -0.25) is 0 Å². The molecule has 3 rings (SSSR count). The number of hydrogen-bond donors (Lipinski definition) is 1. The standard InChI is InChI=1S/C17H28N4O2/c1-21(12-14-4-7-22-8-5-14)13-15-9-18-17(19-10-15)20-11-16-3-2-6-23-16/h9-10,14,16H,2-8,11-13H2,1H3,(H,18,19,20)/t16-/m1/s1. The smallest absolute Gasteiger partial charge is 0.222 e. The summed E-state index contributed by atoms with van der Waals surface area (Å²) in [6, 6.07) is 0. The van der Waals surface area contributed by atoms with Crippen molar-refractivity contribution >= 4 is 5.95 Å². The highest BCUT2D eigenvalue weighted by Crippen LogP contribution is 2.16. The van der Waals surface area contributed by atoms with Gasteiger partial charge >= 0.3 is 0 Å². The van der Waals surface area contributed by atoms with Gasteiger partial charge in [-0.15, -0.1) is 0 Å². The van der Waals surface area contributed by atoms with E-state index in [1.165, 1.54) is 12.8 Å². The largest absolute Gasteiger partial charge is 0.381 e. The summed E-state index contributed by atoms with van der Waals surface area (Å²) < 4.78 is 11.0. The van der Waals surface area contributed by atoms with E-state index in [1.54, 1.807) is 0 Å². The Morgan fingerprint density at radius 3 is 2.65 bits per heavy atom. The Morgan fingerprint density at radius 1 is 1.17 bits per heavy atom. The summed E-state index contributed by atoms with van der Waals surface area (Å²) in [7, 11) is 2.17. The van der Waals surface area contributed by atoms with Crippen molar-refractivity contribution in [1.29, 1.82) is 0 Å². The van der Waals surface area contributed by atoms with Crippen molar-refractivity contribution < 1.29 is 9.47 Å². The highest BCUT2D eigenvalue weighted by molar-refractivity contribution is 5.24. The second kappa shape index (κ2) is 8.57. The molecule has 0 aliphatic carbocycles. The third-order valence-electron chi connectivity index (χ3n) is 4.58. The van der Waals surface area contributed by atoms with Crippen LogP contribution in [0.5, 0.6) is 0 Å². The Kier molecular flexibility index (Phi) is 6.19. The lowest BCUT2D eigenvalue weighted by molar-refractivity contribution is 0.0549. The minimum atomic E-state index is 0.309. The number of hydrogen-bond acceptors (Lipinski definition) is 6. The van der Waals surface area contributed by atoms with E-state index in [1.807, 2.05) is 12.4 Å². The third kappa shape index (κ3) is 5.41. The molecule has 23 heavy (non-hydrogen) atoms. The maximum Gasteiger partial charge on any atom is 0.222 e. The monoisotopic (exact) mass is 320 g/mol. The Balaban J connectivity index is 1.41. The molecule has 3 heterocycles. The van der Waals surface area contributed by atoms with Crippen molar-refractivity contribution in [3.8, 4) is 0 Å². The van der Waals surface area contributed by atoms with Crippen LogP contribution in [0.25, 0.3) is 0 Å². The van der Waals surface area contributed by atoms with Crippen LogP contribution < -0.4 is 5.32 Å². The number of rotatable bonds is 7. The van der Waals surface area contributed by atoms with Crippen molar-refractivity contribution in [2.24, 2.45) is 5.92 Å². The molecular weight excluding hydrogens is 292 g/mol. The van der Waals surface area contributed by atoms with Crippen LogP contribution in [0.3, 0.4) is 0 Å². The predicted molar refractivity (Wildman–Crippen MR) is 89.4 cm³/mol. The van der Waals surface area contributed by atoms with E-state index in [0.29, 0.717) is 12.1 Å². The van der Waals surface area contributed by atoms with Crippen molar-refractivity contribution in [3.05, 3.63) is 18.0 Å². The Labute approximate surface area is 138 Å². The summed E-state index contributed by atoms with van der Waals surface area (Å²) in [5, 5.41) is 3.26. The van der Waals surface area contributed by atoms with Gasteiger partial charge in [0.1, 0.15) is 0 Å². The molecule has 0 unspecified atom stereocenters. The van der Waals surface area contributed by atoms with Gasteiger partial charge in [-0.1, -0.05) is 0 Å². The fraction of sp³-hybridized carbons (Fsp3) is 0.765. The SMILES string of the molecule is CN(Cc1cnc(NC[C@H]2CCCO2)nc1)CC1CCOCC1. The average molecular weight is 320 g/mol. The minimum Gasteiger partial charge on any atom is -0.381 e. The maximum absolute atomic E-state index is 5.59. The molecule has 128 valence electrons. The predicted octanol–water partition coefficient (Wildman–Crippen LogP) is 1.93. The highest BCUT2D eigenvalue weighted by Gasteiger charge is 2.17. The molecule has 2 aliphatic rings.